The number of carboxylic acids is 1. The van der Waals surface area contributed by atoms with E-state index in [0.717, 1.165) is 22.0 Å². The number of hydrogen-bond acceptors (Lipinski definition) is 8. The van der Waals surface area contributed by atoms with E-state index in [2.05, 4.69) is 0 Å². The van der Waals surface area contributed by atoms with Crippen LogP contribution in [-0.2, 0) is 44.4 Å². The quantitative estimate of drug-likeness (QED) is 0.176. The van der Waals surface area contributed by atoms with Crippen molar-refractivity contribution in [3.8, 4) is 22.9 Å². The maximum atomic E-state index is 13.8. The molecule has 5 aromatic rings. The molecule has 45 heavy (non-hydrogen) atoms. The minimum absolute atomic E-state index is 0.0147. The van der Waals surface area contributed by atoms with Gasteiger partial charge in [0.1, 0.15) is 24.7 Å². The number of ether oxygens (including phenoxy) is 4. The highest BCUT2D eigenvalue weighted by Crippen LogP contribution is 2.41. The Hall–Kier alpha value is -5.48. The average molecular weight is 605 g/mol. The van der Waals surface area contributed by atoms with Crippen LogP contribution in [0.5, 0.6) is 11.5 Å². The molecule has 10 heteroatoms. The molecule has 0 fully saturated rings. The zero-order chi connectivity index (χ0) is 31.1. The summed E-state index contributed by atoms with van der Waals surface area (Å²) in [5.74, 6) is -1.51. The topological polar surface area (TPSA) is 126 Å². The molecule has 2 aliphatic heterocycles. The van der Waals surface area contributed by atoms with Gasteiger partial charge in [-0.25, -0.2) is 14.6 Å². The average Bonchev–Trinajstić information content (AvgIpc) is 3.42. The molecule has 4 heterocycles. The molecule has 1 unspecified atom stereocenters. The smallest absolute Gasteiger partial charge is 0.373 e. The first-order valence-corrected chi connectivity index (χ1v) is 14.5. The minimum Gasteiger partial charge on any atom is -0.489 e. The van der Waals surface area contributed by atoms with Gasteiger partial charge in [-0.05, 0) is 54.4 Å². The highest BCUT2D eigenvalue weighted by molar-refractivity contribution is 5.87. The lowest BCUT2D eigenvalue weighted by Crippen LogP contribution is -2.50. The number of pyridine rings is 2. The standard InChI is InChI=1S/C35H28N2O8/c1-2-35(45-33(32(39)40)44-25-14-12-24(13-15-25)42-19-21-8-4-3-5-9-21)27-17-29-30-23(16-22-10-6-7-11-28(22)36-30)18-37(29)31(38)26(27)20-43-34(35)41/h3-17,33H,2,18-20H2,1H3,(H,39,40)/t33?,35-/m0/s1. The summed E-state index contributed by atoms with van der Waals surface area (Å²) in [6, 6.07) is 27.4. The van der Waals surface area contributed by atoms with Crippen molar-refractivity contribution in [2.75, 3.05) is 0 Å². The van der Waals surface area contributed by atoms with Crippen molar-refractivity contribution in [2.45, 2.75) is 45.0 Å². The van der Waals surface area contributed by atoms with Gasteiger partial charge >= 0.3 is 18.2 Å². The highest BCUT2D eigenvalue weighted by atomic mass is 16.7. The molecule has 10 nitrogen and oxygen atoms in total. The number of aromatic nitrogens is 2. The first-order chi connectivity index (χ1) is 21.9. The van der Waals surface area contributed by atoms with Crippen LogP contribution in [0.2, 0.25) is 0 Å². The maximum absolute atomic E-state index is 13.8. The summed E-state index contributed by atoms with van der Waals surface area (Å²) in [6.45, 7) is 2.09. The molecule has 0 aliphatic carbocycles. The van der Waals surface area contributed by atoms with Crippen LogP contribution >= 0.6 is 0 Å². The van der Waals surface area contributed by atoms with E-state index in [9.17, 15) is 19.5 Å². The number of benzene rings is 3. The molecule has 0 amide bonds. The lowest BCUT2D eigenvalue weighted by Gasteiger charge is -2.37. The zero-order valence-electron chi connectivity index (χ0n) is 24.3. The van der Waals surface area contributed by atoms with Gasteiger partial charge in [0.25, 0.3) is 5.56 Å². The Morgan fingerprint density at radius 2 is 1.73 bits per heavy atom. The molecule has 0 spiro atoms. The Bertz CT molecular complexity index is 2010. The summed E-state index contributed by atoms with van der Waals surface area (Å²) >= 11 is 0. The van der Waals surface area contributed by atoms with E-state index >= 15 is 0 Å². The molecule has 2 aromatic heterocycles. The van der Waals surface area contributed by atoms with Crippen molar-refractivity contribution < 1.29 is 33.6 Å². The lowest BCUT2D eigenvalue weighted by atomic mass is 9.85. The van der Waals surface area contributed by atoms with Gasteiger partial charge in [0.05, 0.1) is 29.0 Å². The molecule has 0 saturated heterocycles. The summed E-state index contributed by atoms with van der Waals surface area (Å²) in [4.78, 5) is 44.5. The van der Waals surface area contributed by atoms with Gasteiger partial charge < -0.3 is 28.6 Å². The molecule has 0 radical (unpaired) electrons. The number of aliphatic carboxylic acids is 1. The van der Waals surface area contributed by atoms with Gasteiger partial charge in [-0.15, -0.1) is 0 Å². The predicted octanol–water partition coefficient (Wildman–Crippen LogP) is 5.17. The number of esters is 1. The zero-order valence-corrected chi connectivity index (χ0v) is 24.3. The van der Waals surface area contributed by atoms with Gasteiger partial charge in [0.2, 0.25) is 0 Å². The number of hydrogen-bond donors (Lipinski definition) is 1. The molecular weight excluding hydrogens is 576 g/mol. The van der Waals surface area contributed by atoms with Crippen LogP contribution in [0, 0.1) is 0 Å². The van der Waals surface area contributed by atoms with E-state index in [0.29, 0.717) is 30.3 Å². The Kier molecular flexibility index (Phi) is 7.06. The maximum Gasteiger partial charge on any atom is 0.373 e. The fraction of sp³-hybridized carbons (Fsp3) is 0.200. The Balaban J connectivity index is 1.20. The monoisotopic (exact) mass is 604 g/mol. The van der Waals surface area contributed by atoms with E-state index < -0.39 is 23.8 Å². The second-order valence-corrected chi connectivity index (χ2v) is 10.9. The van der Waals surface area contributed by atoms with E-state index in [1.54, 1.807) is 41.8 Å². The first-order valence-electron chi connectivity index (χ1n) is 14.5. The third kappa shape index (κ3) is 4.98. The minimum atomic E-state index is -1.91. The van der Waals surface area contributed by atoms with Crippen molar-refractivity contribution >= 4 is 22.8 Å². The van der Waals surface area contributed by atoms with Gasteiger partial charge in [0, 0.05) is 16.5 Å². The second-order valence-electron chi connectivity index (χ2n) is 10.9. The lowest BCUT2D eigenvalue weighted by molar-refractivity contribution is -0.220. The van der Waals surface area contributed by atoms with Gasteiger partial charge in [-0.1, -0.05) is 55.5 Å². The molecule has 2 atom stereocenters. The summed E-state index contributed by atoms with van der Waals surface area (Å²) in [5.41, 5.74) is 1.99. The van der Waals surface area contributed by atoms with Crippen LogP contribution < -0.4 is 15.0 Å². The van der Waals surface area contributed by atoms with E-state index in [-0.39, 0.29) is 35.5 Å². The number of rotatable bonds is 9. The molecule has 0 bridgehead atoms. The predicted molar refractivity (Wildman–Crippen MR) is 163 cm³/mol. The Morgan fingerprint density at radius 1 is 1.00 bits per heavy atom. The van der Waals surface area contributed by atoms with E-state index in [1.165, 1.54) is 0 Å². The second kappa shape index (κ2) is 11.2. The van der Waals surface area contributed by atoms with Crippen LogP contribution in [0.1, 0.15) is 35.6 Å². The molecule has 7 rings (SSSR count). The molecule has 226 valence electrons. The van der Waals surface area contributed by atoms with Gasteiger partial charge in [0.15, 0.2) is 5.60 Å². The van der Waals surface area contributed by atoms with Crippen molar-refractivity contribution in [3.63, 3.8) is 0 Å². The normalized spacial score (nSPS) is 17.1. The number of carbonyl (C=O) groups excluding carboxylic acids is 1. The molecular formula is C35H28N2O8. The summed E-state index contributed by atoms with van der Waals surface area (Å²) in [6.07, 6.45) is -1.91. The number of para-hydroxylation sites is 1. The number of cyclic esters (lactones) is 1. The Morgan fingerprint density at radius 3 is 2.49 bits per heavy atom. The molecule has 3 aromatic carbocycles. The van der Waals surface area contributed by atoms with Crippen molar-refractivity contribution in [1.82, 2.24) is 9.55 Å². The fourth-order valence-corrected chi connectivity index (χ4v) is 5.90. The van der Waals surface area contributed by atoms with E-state index in [1.807, 2.05) is 60.7 Å². The van der Waals surface area contributed by atoms with Crippen molar-refractivity contribution in [3.05, 3.63) is 124 Å². The van der Waals surface area contributed by atoms with E-state index in [4.69, 9.17) is 23.9 Å². The first kappa shape index (κ1) is 28.3. The third-order valence-electron chi connectivity index (χ3n) is 8.21. The van der Waals surface area contributed by atoms with Crippen LogP contribution in [0.15, 0.2) is 95.8 Å². The van der Waals surface area contributed by atoms with Crippen molar-refractivity contribution in [2.24, 2.45) is 0 Å². The largest absolute Gasteiger partial charge is 0.489 e. The highest BCUT2D eigenvalue weighted by Gasteiger charge is 2.51. The SMILES string of the molecule is CC[C@@]1(OC(Oc2ccc(OCc3ccccc3)cc2)C(=O)O)C(=O)OCc2c1cc1n(c2=O)Cc2cc3ccccc3nc2-1. The number of carboxylic acid groups (broad SMARTS) is 1. The molecule has 0 saturated carbocycles. The number of nitrogens with zero attached hydrogens (tertiary/aromatic N) is 2. The third-order valence-corrected chi connectivity index (χ3v) is 8.21. The summed E-state index contributed by atoms with van der Waals surface area (Å²) < 4.78 is 24.6. The van der Waals surface area contributed by atoms with Crippen molar-refractivity contribution in [1.29, 1.82) is 0 Å². The molecule has 2 aliphatic rings. The van der Waals surface area contributed by atoms with Gasteiger partial charge in [-0.2, -0.15) is 0 Å². The summed E-state index contributed by atoms with van der Waals surface area (Å²) in [5, 5.41) is 11.1. The van der Waals surface area contributed by atoms with Gasteiger partial charge in [-0.3, -0.25) is 4.79 Å². The summed E-state index contributed by atoms with van der Waals surface area (Å²) in [7, 11) is 0. The van der Waals surface area contributed by atoms with Crippen LogP contribution in [0.4, 0.5) is 0 Å². The Labute approximate surface area is 257 Å². The fourth-order valence-electron chi connectivity index (χ4n) is 5.90. The number of fused-ring (bicyclic) bond motifs is 5. The van der Waals surface area contributed by atoms with Crippen LogP contribution in [0.25, 0.3) is 22.3 Å². The van der Waals surface area contributed by atoms with Crippen LogP contribution in [-0.4, -0.2) is 32.9 Å². The number of carbonyl (C=O) groups is 2. The van der Waals surface area contributed by atoms with Crippen LogP contribution in [0.3, 0.4) is 0 Å². The molecule has 1 N–H and O–H groups in total.